The van der Waals surface area contributed by atoms with E-state index in [2.05, 4.69) is 35.7 Å². The molecule has 0 saturated heterocycles. The van der Waals surface area contributed by atoms with Crippen molar-refractivity contribution in [2.24, 2.45) is 0 Å². The van der Waals surface area contributed by atoms with Crippen LogP contribution in [0.3, 0.4) is 0 Å². The van der Waals surface area contributed by atoms with Gasteiger partial charge in [-0.05, 0) is 19.8 Å². The summed E-state index contributed by atoms with van der Waals surface area (Å²) in [6.07, 6.45) is 7.89. The van der Waals surface area contributed by atoms with E-state index < -0.39 is 0 Å². The van der Waals surface area contributed by atoms with Gasteiger partial charge >= 0.3 is 0 Å². The summed E-state index contributed by atoms with van der Waals surface area (Å²) in [5.74, 6) is 1.61. The van der Waals surface area contributed by atoms with Gasteiger partial charge in [-0.2, -0.15) is 24.7 Å². The summed E-state index contributed by atoms with van der Waals surface area (Å²) in [6.45, 7) is 2.76. The van der Waals surface area contributed by atoms with Crippen LogP contribution < -0.4 is 10.6 Å². The molecule has 0 unspecified atom stereocenters. The van der Waals surface area contributed by atoms with Gasteiger partial charge in [-0.1, -0.05) is 12.8 Å². The zero-order valence-electron chi connectivity index (χ0n) is 11.5. The number of nitrogens with one attached hydrogen (secondary N) is 2. The average molecular weight is 274 g/mol. The van der Waals surface area contributed by atoms with Gasteiger partial charge in [0, 0.05) is 12.6 Å². The second kappa shape index (κ2) is 5.81. The zero-order valence-corrected chi connectivity index (χ0v) is 11.5. The van der Waals surface area contributed by atoms with E-state index in [-0.39, 0.29) is 0 Å². The van der Waals surface area contributed by atoms with Gasteiger partial charge in [-0.3, -0.25) is 0 Å². The van der Waals surface area contributed by atoms with Crippen LogP contribution in [0, 0.1) is 0 Å². The van der Waals surface area contributed by atoms with E-state index in [0.29, 0.717) is 23.9 Å². The van der Waals surface area contributed by atoms with E-state index in [1.807, 2.05) is 6.92 Å². The molecule has 0 radical (unpaired) electrons. The molecule has 106 valence electrons. The number of aromatic nitrogens is 6. The summed E-state index contributed by atoms with van der Waals surface area (Å²) in [4.78, 5) is 17.0. The lowest BCUT2D eigenvalue weighted by molar-refractivity contribution is 0.732. The first-order valence-corrected chi connectivity index (χ1v) is 6.96. The van der Waals surface area contributed by atoms with Crippen molar-refractivity contribution in [3.63, 3.8) is 0 Å². The lowest BCUT2D eigenvalue weighted by Crippen LogP contribution is -2.19. The van der Waals surface area contributed by atoms with Crippen molar-refractivity contribution in [2.75, 3.05) is 17.2 Å². The molecule has 0 amide bonds. The Hall–Kier alpha value is -2.25. The maximum atomic E-state index is 4.41. The van der Waals surface area contributed by atoms with E-state index in [1.165, 1.54) is 36.7 Å². The molecule has 2 N–H and O–H groups in total. The molecule has 0 atom stereocenters. The maximum Gasteiger partial charge on any atom is 0.258 e. The lowest BCUT2D eigenvalue weighted by atomic mass is 10.3. The number of hydrogen-bond donors (Lipinski definition) is 2. The molecule has 8 heteroatoms. The zero-order chi connectivity index (χ0) is 13.8. The molecule has 0 aromatic carbocycles. The molecule has 1 saturated carbocycles. The molecule has 0 aliphatic heterocycles. The van der Waals surface area contributed by atoms with E-state index in [4.69, 9.17) is 0 Å². The minimum atomic E-state index is 0.454. The smallest absolute Gasteiger partial charge is 0.258 e. The van der Waals surface area contributed by atoms with Crippen LogP contribution in [0.2, 0.25) is 0 Å². The predicted octanol–water partition coefficient (Wildman–Crippen LogP) is 1.24. The molecule has 0 spiro atoms. The topological polar surface area (TPSA) is 93.4 Å². The third kappa shape index (κ3) is 2.84. The highest BCUT2D eigenvalue weighted by Crippen LogP contribution is 2.21. The van der Waals surface area contributed by atoms with Crippen molar-refractivity contribution < 1.29 is 0 Å². The highest BCUT2D eigenvalue weighted by Gasteiger charge is 2.17. The minimum absolute atomic E-state index is 0.454. The fourth-order valence-electron chi connectivity index (χ4n) is 2.33. The first-order valence-electron chi connectivity index (χ1n) is 6.96. The summed E-state index contributed by atoms with van der Waals surface area (Å²) in [7, 11) is 0. The summed E-state index contributed by atoms with van der Waals surface area (Å²) >= 11 is 0. The van der Waals surface area contributed by atoms with E-state index in [9.17, 15) is 0 Å². The Bertz CT molecular complexity index is 547. The van der Waals surface area contributed by atoms with Crippen LogP contribution in [-0.4, -0.2) is 42.3 Å². The van der Waals surface area contributed by atoms with E-state index >= 15 is 0 Å². The van der Waals surface area contributed by atoms with Crippen molar-refractivity contribution in [1.29, 1.82) is 0 Å². The molecular weight excluding hydrogens is 256 g/mol. The molecule has 2 aromatic rings. The van der Waals surface area contributed by atoms with Gasteiger partial charge in [0.1, 0.15) is 12.7 Å². The van der Waals surface area contributed by atoms with Crippen molar-refractivity contribution >= 4 is 11.9 Å². The molecule has 8 nitrogen and oxygen atoms in total. The van der Waals surface area contributed by atoms with Gasteiger partial charge in [0.2, 0.25) is 11.9 Å². The van der Waals surface area contributed by atoms with Crippen molar-refractivity contribution in [1.82, 2.24) is 29.7 Å². The number of hydrogen-bond acceptors (Lipinski definition) is 7. The summed E-state index contributed by atoms with van der Waals surface area (Å²) < 4.78 is 1.53. The normalized spacial score (nSPS) is 15.4. The van der Waals surface area contributed by atoms with Crippen LogP contribution in [0.4, 0.5) is 11.9 Å². The fraction of sp³-hybridized carbons (Fsp3) is 0.583. The molecule has 1 fully saturated rings. The van der Waals surface area contributed by atoms with Gasteiger partial charge in [0.15, 0.2) is 0 Å². The predicted molar refractivity (Wildman–Crippen MR) is 74.8 cm³/mol. The highest BCUT2D eigenvalue weighted by atomic mass is 15.4. The quantitative estimate of drug-likeness (QED) is 0.847. The lowest BCUT2D eigenvalue weighted by Gasteiger charge is -2.13. The molecule has 1 aliphatic carbocycles. The highest BCUT2D eigenvalue weighted by molar-refractivity contribution is 5.38. The van der Waals surface area contributed by atoms with Crippen LogP contribution in [0.5, 0.6) is 0 Å². The summed E-state index contributed by atoms with van der Waals surface area (Å²) in [6, 6.07) is 0.454. The molecule has 2 aromatic heterocycles. The largest absolute Gasteiger partial charge is 0.354 e. The van der Waals surface area contributed by atoms with Crippen LogP contribution in [0.1, 0.15) is 32.6 Å². The van der Waals surface area contributed by atoms with Gasteiger partial charge in [-0.15, -0.1) is 0 Å². The van der Waals surface area contributed by atoms with Gasteiger partial charge in [-0.25, -0.2) is 4.98 Å². The third-order valence-corrected chi connectivity index (χ3v) is 3.27. The van der Waals surface area contributed by atoms with Gasteiger partial charge in [0.05, 0.1) is 0 Å². The molecule has 0 bridgehead atoms. The molecule has 20 heavy (non-hydrogen) atoms. The minimum Gasteiger partial charge on any atom is -0.354 e. The Morgan fingerprint density at radius 1 is 1.20 bits per heavy atom. The van der Waals surface area contributed by atoms with Crippen molar-refractivity contribution in [3.8, 4) is 5.95 Å². The van der Waals surface area contributed by atoms with E-state index in [1.54, 1.807) is 6.33 Å². The van der Waals surface area contributed by atoms with Crippen molar-refractivity contribution in [3.05, 3.63) is 12.7 Å². The molecule has 1 aliphatic rings. The third-order valence-electron chi connectivity index (χ3n) is 3.27. The van der Waals surface area contributed by atoms with Crippen LogP contribution in [-0.2, 0) is 0 Å². The SMILES string of the molecule is CCNc1nc(NC2CCCC2)nc(-n2cncn2)n1. The van der Waals surface area contributed by atoms with Crippen molar-refractivity contribution in [2.45, 2.75) is 38.6 Å². The molecule has 3 rings (SSSR count). The first kappa shape index (κ1) is 12.8. The Kier molecular flexibility index (Phi) is 3.71. The number of anilines is 2. The van der Waals surface area contributed by atoms with Gasteiger partial charge in [0.25, 0.3) is 5.95 Å². The van der Waals surface area contributed by atoms with Gasteiger partial charge < -0.3 is 10.6 Å². The Morgan fingerprint density at radius 2 is 2.00 bits per heavy atom. The van der Waals surface area contributed by atoms with Crippen LogP contribution in [0.25, 0.3) is 5.95 Å². The number of rotatable bonds is 5. The summed E-state index contributed by atoms with van der Waals surface area (Å²) in [5.41, 5.74) is 0. The van der Waals surface area contributed by atoms with Crippen LogP contribution >= 0.6 is 0 Å². The number of nitrogens with zero attached hydrogens (tertiary/aromatic N) is 6. The standard InChI is InChI=1S/C12H18N8/c1-2-14-10-17-11(16-9-5-3-4-6-9)19-12(18-10)20-8-13-7-15-20/h7-9H,2-6H2,1H3,(H2,14,16,17,18,19). The fourth-order valence-corrected chi connectivity index (χ4v) is 2.33. The second-order valence-electron chi connectivity index (χ2n) is 4.78. The summed E-state index contributed by atoms with van der Waals surface area (Å²) in [5, 5.41) is 10.5. The second-order valence-corrected chi connectivity index (χ2v) is 4.78. The Balaban J connectivity index is 1.87. The molecule has 2 heterocycles. The monoisotopic (exact) mass is 274 g/mol. The maximum absolute atomic E-state index is 4.41. The Labute approximate surface area is 117 Å². The van der Waals surface area contributed by atoms with E-state index in [0.717, 1.165) is 6.54 Å². The first-order chi connectivity index (χ1) is 9.85. The Morgan fingerprint density at radius 3 is 2.70 bits per heavy atom. The molecular formula is C12H18N8. The van der Waals surface area contributed by atoms with Crippen LogP contribution in [0.15, 0.2) is 12.7 Å². The average Bonchev–Trinajstić information content (AvgIpc) is 3.11.